The monoisotopic (exact) mass is 314 g/mol. The second-order valence-electron chi connectivity index (χ2n) is 4.68. The summed E-state index contributed by atoms with van der Waals surface area (Å²) < 4.78 is 17.7. The summed E-state index contributed by atoms with van der Waals surface area (Å²) in [5, 5.41) is 2.62. The van der Waals surface area contributed by atoms with Gasteiger partial charge in [-0.15, -0.1) is 0 Å². The van der Waals surface area contributed by atoms with Crippen LogP contribution >= 0.6 is 0 Å². The van der Waals surface area contributed by atoms with Crippen molar-refractivity contribution in [2.75, 3.05) is 18.2 Å². The molecule has 23 heavy (non-hydrogen) atoms. The lowest BCUT2D eigenvalue weighted by Gasteiger charge is -2.04. The third kappa shape index (κ3) is 4.41. The molecule has 2 aromatic rings. The number of anilines is 2. The van der Waals surface area contributed by atoms with Crippen LogP contribution in [0.3, 0.4) is 0 Å². The zero-order chi connectivity index (χ0) is 16.8. The summed E-state index contributed by atoms with van der Waals surface area (Å²) in [6, 6.07) is 10.5. The van der Waals surface area contributed by atoms with Gasteiger partial charge in [-0.2, -0.15) is 0 Å². The molecule has 1 amide bonds. The van der Waals surface area contributed by atoms with E-state index in [0.29, 0.717) is 16.8 Å². The maximum absolute atomic E-state index is 13.1. The number of ether oxygens (including phenoxy) is 1. The van der Waals surface area contributed by atoms with Crippen molar-refractivity contribution >= 4 is 29.3 Å². The predicted octanol–water partition coefficient (Wildman–Crippen LogP) is 2.85. The van der Waals surface area contributed by atoms with E-state index < -0.39 is 17.7 Å². The molecule has 0 heterocycles. The molecule has 6 heteroatoms. The highest BCUT2D eigenvalue weighted by atomic mass is 19.1. The Balaban J connectivity index is 2.05. The van der Waals surface area contributed by atoms with E-state index >= 15 is 0 Å². The van der Waals surface area contributed by atoms with Crippen LogP contribution in [0.15, 0.2) is 48.5 Å². The third-order valence-electron chi connectivity index (χ3n) is 3.00. The number of halogens is 1. The second kappa shape index (κ2) is 7.22. The third-order valence-corrected chi connectivity index (χ3v) is 3.00. The van der Waals surface area contributed by atoms with E-state index in [1.807, 2.05) is 0 Å². The Morgan fingerprint density at radius 3 is 2.70 bits per heavy atom. The zero-order valence-electron chi connectivity index (χ0n) is 12.4. The molecule has 0 radical (unpaired) electrons. The van der Waals surface area contributed by atoms with E-state index in [1.165, 1.54) is 43.5 Å². The Labute approximate surface area is 132 Å². The topological polar surface area (TPSA) is 81.4 Å². The lowest BCUT2D eigenvalue weighted by molar-refractivity contribution is -0.111. The van der Waals surface area contributed by atoms with Gasteiger partial charge >= 0.3 is 5.97 Å². The Morgan fingerprint density at radius 2 is 2.00 bits per heavy atom. The van der Waals surface area contributed by atoms with Gasteiger partial charge in [0.1, 0.15) is 5.82 Å². The molecule has 2 rings (SSSR count). The molecule has 0 aliphatic heterocycles. The number of carbonyl (C=O) groups is 2. The van der Waals surface area contributed by atoms with Crippen molar-refractivity contribution in [3.05, 3.63) is 65.5 Å². The van der Waals surface area contributed by atoms with Crippen LogP contribution in [0.4, 0.5) is 15.8 Å². The fraction of sp³-hybridized carbons (Fsp3) is 0.0588. The average Bonchev–Trinajstić information content (AvgIpc) is 2.55. The van der Waals surface area contributed by atoms with Crippen LogP contribution in [0, 0.1) is 5.82 Å². The first-order valence-electron chi connectivity index (χ1n) is 6.72. The molecule has 0 aliphatic carbocycles. The number of methoxy groups -OCH3 is 1. The quantitative estimate of drug-likeness (QED) is 0.516. The van der Waals surface area contributed by atoms with E-state index in [2.05, 4.69) is 10.1 Å². The molecular formula is C17H15FN2O3. The van der Waals surface area contributed by atoms with Gasteiger partial charge in [-0.25, -0.2) is 9.18 Å². The van der Waals surface area contributed by atoms with Gasteiger partial charge < -0.3 is 15.8 Å². The predicted molar refractivity (Wildman–Crippen MR) is 86.3 cm³/mol. The molecule has 0 atom stereocenters. The summed E-state index contributed by atoms with van der Waals surface area (Å²) in [6.45, 7) is 0. The van der Waals surface area contributed by atoms with Gasteiger partial charge in [0.15, 0.2) is 0 Å². The SMILES string of the molecule is COC(=O)c1cccc(NC(=O)/C=C/c2ccc(F)c(N)c2)c1. The van der Waals surface area contributed by atoms with Gasteiger partial charge in [-0.1, -0.05) is 12.1 Å². The van der Waals surface area contributed by atoms with Crippen molar-refractivity contribution in [2.45, 2.75) is 0 Å². The van der Waals surface area contributed by atoms with Crippen LogP contribution in [0.2, 0.25) is 0 Å². The van der Waals surface area contributed by atoms with Crippen LogP contribution in [0.25, 0.3) is 6.08 Å². The first-order valence-corrected chi connectivity index (χ1v) is 6.72. The van der Waals surface area contributed by atoms with Crippen molar-refractivity contribution in [1.82, 2.24) is 0 Å². The largest absolute Gasteiger partial charge is 0.465 e. The van der Waals surface area contributed by atoms with Gasteiger partial charge in [0, 0.05) is 11.8 Å². The highest BCUT2D eigenvalue weighted by Gasteiger charge is 2.06. The van der Waals surface area contributed by atoms with E-state index in [1.54, 1.807) is 18.2 Å². The molecular weight excluding hydrogens is 299 g/mol. The number of benzene rings is 2. The first kappa shape index (κ1) is 16.2. The van der Waals surface area contributed by atoms with Crippen molar-refractivity contribution in [3.63, 3.8) is 0 Å². The number of hydrogen-bond acceptors (Lipinski definition) is 4. The van der Waals surface area contributed by atoms with Crippen LogP contribution in [0.5, 0.6) is 0 Å². The summed E-state index contributed by atoms with van der Waals surface area (Å²) in [6.07, 6.45) is 2.80. The smallest absolute Gasteiger partial charge is 0.337 e. The number of carbonyl (C=O) groups excluding carboxylic acids is 2. The summed E-state index contributed by atoms with van der Waals surface area (Å²) in [5.74, 6) is -1.39. The van der Waals surface area contributed by atoms with Crippen molar-refractivity contribution in [2.24, 2.45) is 0 Å². The highest BCUT2D eigenvalue weighted by Crippen LogP contribution is 2.14. The average molecular weight is 314 g/mol. The van der Waals surface area contributed by atoms with Crippen molar-refractivity contribution in [3.8, 4) is 0 Å². The molecule has 0 fully saturated rings. The normalized spacial score (nSPS) is 10.5. The molecule has 0 aromatic heterocycles. The van der Waals surface area contributed by atoms with Crippen molar-refractivity contribution < 1.29 is 18.7 Å². The Kier molecular flexibility index (Phi) is 5.09. The van der Waals surface area contributed by atoms with E-state index in [0.717, 1.165) is 0 Å². The summed E-state index contributed by atoms with van der Waals surface area (Å²) in [4.78, 5) is 23.3. The van der Waals surface area contributed by atoms with E-state index in [9.17, 15) is 14.0 Å². The van der Waals surface area contributed by atoms with Gasteiger partial charge in [-0.3, -0.25) is 4.79 Å². The molecule has 0 bridgehead atoms. The molecule has 0 unspecified atom stereocenters. The zero-order valence-corrected chi connectivity index (χ0v) is 12.4. The number of amides is 1. The minimum Gasteiger partial charge on any atom is -0.465 e. The number of hydrogen-bond donors (Lipinski definition) is 2. The maximum atomic E-state index is 13.1. The van der Waals surface area contributed by atoms with Gasteiger partial charge in [-0.05, 0) is 42.0 Å². The van der Waals surface area contributed by atoms with Gasteiger partial charge in [0.2, 0.25) is 5.91 Å². The number of rotatable bonds is 4. The summed E-state index contributed by atoms with van der Waals surface area (Å²) in [5.41, 5.74) is 6.86. The Bertz CT molecular complexity index is 772. The highest BCUT2D eigenvalue weighted by molar-refractivity contribution is 6.02. The molecule has 0 aliphatic rings. The minimum atomic E-state index is -0.508. The second-order valence-corrected chi connectivity index (χ2v) is 4.68. The molecule has 5 nitrogen and oxygen atoms in total. The molecule has 118 valence electrons. The van der Waals surface area contributed by atoms with Crippen molar-refractivity contribution in [1.29, 1.82) is 0 Å². The number of nitrogens with two attached hydrogens (primary N) is 1. The number of esters is 1. The Morgan fingerprint density at radius 1 is 1.22 bits per heavy atom. The fourth-order valence-corrected chi connectivity index (χ4v) is 1.86. The lowest BCUT2D eigenvalue weighted by atomic mass is 10.1. The summed E-state index contributed by atoms with van der Waals surface area (Å²) in [7, 11) is 1.28. The molecule has 0 spiro atoms. The maximum Gasteiger partial charge on any atom is 0.337 e. The standard InChI is InChI=1S/C17H15FN2O3/c1-23-17(22)12-3-2-4-13(10-12)20-16(21)8-6-11-5-7-14(18)15(19)9-11/h2-10H,19H2,1H3,(H,20,21)/b8-6+. The number of nitrogens with one attached hydrogen (secondary N) is 1. The van der Waals surface area contributed by atoms with Crippen LogP contribution in [0.1, 0.15) is 15.9 Å². The van der Waals surface area contributed by atoms with E-state index in [-0.39, 0.29) is 5.69 Å². The Hall–Kier alpha value is -3.15. The molecule has 0 saturated heterocycles. The number of nitrogen functional groups attached to an aromatic ring is 1. The van der Waals surface area contributed by atoms with Gasteiger partial charge in [0.05, 0.1) is 18.4 Å². The molecule has 3 N–H and O–H groups in total. The lowest BCUT2D eigenvalue weighted by Crippen LogP contribution is -2.09. The van der Waals surface area contributed by atoms with Crippen LogP contribution in [-0.4, -0.2) is 19.0 Å². The van der Waals surface area contributed by atoms with Crippen LogP contribution < -0.4 is 11.1 Å². The molecule has 2 aromatic carbocycles. The van der Waals surface area contributed by atoms with E-state index in [4.69, 9.17) is 5.73 Å². The first-order chi connectivity index (χ1) is 11.0. The van der Waals surface area contributed by atoms with Gasteiger partial charge in [0.25, 0.3) is 0 Å². The summed E-state index contributed by atoms with van der Waals surface area (Å²) >= 11 is 0. The van der Waals surface area contributed by atoms with Crippen LogP contribution in [-0.2, 0) is 9.53 Å². The minimum absolute atomic E-state index is 0.0123. The molecule has 0 saturated carbocycles. The fourth-order valence-electron chi connectivity index (χ4n) is 1.86.